The molecule has 0 fully saturated rings. The van der Waals surface area contributed by atoms with Crippen LogP contribution >= 0.6 is 0 Å². The van der Waals surface area contributed by atoms with Crippen molar-refractivity contribution in [3.05, 3.63) is 27.8 Å². The Labute approximate surface area is 144 Å². The van der Waals surface area contributed by atoms with Gasteiger partial charge in [0.15, 0.2) is 19.3 Å². The highest BCUT2D eigenvalue weighted by molar-refractivity contribution is 5.79. The molecule has 10 heteroatoms. The molecule has 0 N–H and O–H groups in total. The van der Waals surface area contributed by atoms with Crippen molar-refractivity contribution in [1.82, 2.24) is 0 Å². The van der Waals surface area contributed by atoms with Crippen LogP contribution in [0.4, 0.5) is 5.69 Å². The van der Waals surface area contributed by atoms with Crippen molar-refractivity contribution in [3.63, 3.8) is 0 Å². The topological polar surface area (TPSA) is 116 Å². The van der Waals surface area contributed by atoms with Gasteiger partial charge < -0.3 is 28.4 Å². The molecule has 140 valence electrons. The van der Waals surface area contributed by atoms with Crippen LogP contribution in [0.1, 0.15) is 10.4 Å². The second kappa shape index (κ2) is 12.1. The molecule has 0 spiro atoms. The monoisotopic (exact) mass is 359 g/mol. The third kappa shape index (κ3) is 7.44. The summed E-state index contributed by atoms with van der Waals surface area (Å²) in [6, 6.07) is 2.42. The largest absolute Gasteiger partial charge is 0.463 e. The molecule has 0 aliphatic carbocycles. The van der Waals surface area contributed by atoms with E-state index < -0.39 is 10.6 Å². The number of hydrogen-bond acceptors (Lipinski definition) is 9. The molecular formula is C15H21NO9. The fourth-order valence-electron chi connectivity index (χ4n) is 1.67. The molecule has 0 radical (unpaired) electrons. The van der Waals surface area contributed by atoms with Gasteiger partial charge in [-0.15, -0.1) is 0 Å². The number of benzene rings is 1. The summed E-state index contributed by atoms with van der Waals surface area (Å²) in [4.78, 5) is 21.6. The smallest absolute Gasteiger partial charge is 0.315 e. The average molecular weight is 359 g/mol. The number of nitro benzene ring substituents is 1. The number of carbonyl (C=O) groups is 1. The van der Waals surface area contributed by atoms with Crippen LogP contribution in [0.15, 0.2) is 12.1 Å². The zero-order chi connectivity index (χ0) is 18.5. The molecule has 0 saturated heterocycles. The normalized spacial score (nSPS) is 10.5. The Hall–Kier alpha value is -2.27. The third-order valence-corrected chi connectivity index (χ3v) is 2.84. The molecule has 0 aliphatic rings. The Morgan fingerprint density at radius 2 is 1.60 bits per heavy atom. The average Bonchev–Trinajstić information content (AvgIpc) is 2.61. The molecule has 0 heterocycles. The van der Waals surface area contributed by atoms with E-state index >= 15 is 0 Å². The first-order chi connectivity index (χ1) is 12.1. The molecule has 0 saturated carbocycles. The fraction of sp³-hybridized carbons (Fsp3) is 0.533. The lowest BCUT2D eigenvalue weighted by molar-refractivity contribution is -0.386. The SMILES string of the molecule is COCCOCOc1cc(C=O)cc([N+](=O)[O-])c1OCOCCOC. The molecule has 10 nitrogen and oxygen atoms in total. The predicted molar refractivity (Wildman–Crippen MR) is 85.1 cm³/mol. The van der Waals surface area contributed by atoms with E-state index in [1.165, 1.54) is 20.3 Å². The summed E-state index contributed by atoms with van der Waals surface area (Å²) in [5.41, 5.74) is -0.335. The Kier molecular flexibility index (Phi) is 10.1. The lowest BCUT2D eigenvalue weighted by Crippen LogP contribution is -2.12. The maximum Gasteiger partial charge on any atom is 0.315 e. The van der Waals surface area contributed by atoms with Crippen molar-refractivity contribution >= 4 is 12.0 Å². The van der Waals surface area contributed by atoms with Gasteiger partial charge in [0, 0.05) is 25.8 Å². The zero-order valence-electron chi connectivity index (χ0n) is 14.1. The Balaban J connectivity index is 2.86. The van der Waals surface area contributed by atoms with Crippen molar-refractivity contribution in [1.29, 1.82) is 0 Å². The minimum Gasteiger partial charge on any atom is -0.463 e. The Morgan fingerprint density at radius 3 is 2.12 bits per heavy atom. The zero-order valence-corrected chi connectivity index (χ0v) is 14.1. The van der Waals surface area contributed by atoms with Crippen LogP contribution in [0.25, 0.3) is 0 Å². The van der Waals surface area contributed by atoms with E-state index in [4.69, 9.17) is 28.4 Å². The quantitative estimate of drug-likeness (QED) is 0.160. The summed E-state index contributed by atoms with van der Waals surface area (Å²) in [6.45, 7) is 0.825. The van der Waals surface area contributed by atoms with E-state index in [1.54, 1.807) is 0 Å². The van der Waals surface area contributed by atoms with E-state index in [0.717, 1.165) is 6.07 Å². The van der Waals surface area contributed by atoms with Gasteiger partial charge >= 0.3 is 5.69 Å². The Morgan fingerprint density at radius 1 is 1.00 bits per heavy atom. The second-order valence-corrected chi connectivity index (χ2v) is 4.57. The molecule has 0 aliphatic heterocycles. The van der Waals surface area contributed by atoms with Gasteiger partial charge in [-0.2, -0.15) is 0 Å². The van der Waals surface area contributed by atoms with E-state index in [2.05, 4.69) is 0 Å². The number of methoxy groups -OCH3 is 2. The maximum absolute atomic E-state index is 11.2. The van der Waals surface area contributed by atoms with Crippen molar-refractivity contribution in [2.75, 3.05) is 54.2 Å². The highest BCUT2D eigenvalue weighted by Gasteiger charge is 2.23. The van der Waals surface area contributed by atoms with Gasteiger partial charge in [0.25, 0.3) is 0 Å². The summed E-state index contributed by atoms with van der Waals surface area (Å²) in [7, 11) is 3.04. The first-order valence-electron chi connectivity index (χ1n) is 7.30. The molecule has 25 heavy (non-hydrogen) atoms. The molecule has 0 amide bonds. The van der Waals surface area contributed by atoms with Crippen LogP contribution in [0.2, 0.25) is 0 Å². The summed E-state index contributed by atoms with van der Waals surface area (Å²) in [6.07, 6.45) is 0.477. The number of hydrogen-bond donors (Lipinski definition) is 0. The third-order valence-electron chi connectivity index (χ3n) is 2.84. The van der Waals surface area contributed by atoms with Gasteiger partial charge in [-0.1, -0.05) is 0 Å². The molecule has 0 bridgehead atoms. The molecule has 0 aromatic heterocycles. The minimum absolute atomic E-state index is 0.00376. The number of nitro groups is 1. The molecule has 0 atom stereocenters. The first kappa shape index (κ1) is 20.8. The van der Waals surface area contributed by atoms with Gasteiger partial charge in [0.05, 0.1) is 31.4 Å². The highest BCUT2D eigenvalue weighted by atomic mass is 16.7. The predicted octanol–water partition coefficient (Wildman–Crippen LogP) is 1.41. The van der Waals surface area contributed by atoms with E-state index in [0.29, 0.717) is 19.5 Å². The van der Waals surface area contributed by atoms with Gasteiger partial charge in [-0.3, -0.25) is 14.9 Å². The highest BCUT2D eigenvalue weighted by Crippen LogP contribution is 2.38. The van der Waals surface area contributed by atoms with E-state index in [1.807, 2.05) is 0 Å². The molecule has 1 aromatic carbocycles. The lowest BCUT2D eigenvalue weighted by atomic mass is 10.2. The summed E-state index contributed by atoms with van der Waals surface area (Å²) in [5, 5.41) is 11.2. The number of rotatable bonds is 14. The number of aldehydes is 1. The van der Waals surface area contributed by atoms with Crippen LogP contribution in [0, 0.1) is 10.1 Å². The van der Waals surface area contributed by atoms with Gasteiger partial charge in [0.2, 0.25) is 5.75 Å². The fourth-order valence-corrected chi connectivity index (χ4v) is 1.67. The van der Waals surface area contributed by atoms with Crippen LogP contribution in [-0.4, -0.2) is 65.4 Å². The maximum atomic E-state index is 11.2. The minimum atomic E-state index is -0.671. The molecule has 0 unspecified atom stereocenters. The molecular weight excluding hydrogens is 338 g/mol. The van der Waals surface area contributed by atoms with Crippen LogP contribution < -0.4 is 9.47 Å². The van der Waals surface area contributed by atoms with Crippen molar-refractivity contribution in [2.45, 2.75) is 0 Å². The van der Waals surface area contributed by atoms with E-state index in [-0.39, 0.29) is 43.9 Å². The van der Waals surface area contributed by atoms with Crippen LogP contribution in [0.3, 0.4) is 0 Å². The standard InChI is InChI=1S/C15H21NO9/c1-20-3-5-22-10-24-14-8-12(9-17)7-13(16(18)19)15(14)25-11-23-6-4-21-2/h7-9H,3-6,10-11H2,1-2H3. The molecule has 1 rings (SSSR count). The van der Waals surface area contributed by atoms with Crippen LogP contribution in [-0.2, 0) is 18.9 Å². The second-order valence-electron chi connectivity index (χ2n) is 4.57. The van der Waals surface area contributed by atoms with Crippen molar-refractivity contribution in [2.24, 2.45) is 0 Å². The number of ether oxygens (including phenoxy) is 6. The van der Waals surface area contributed by atoms with Crippen molar-refractivity contribution in [3.8, 4) is 11.5 Å². The first-order valence-corrected chi connectivity index (χ1v) is 7.30. The van der Waals surface area contributed by atoms with Gasteiger partial charge in [-0.05, 0) is 6.07 Å². The summed E-state index contributed by atoms with van der Waals surface area (Å²) in [5.74, 6) is -0.146. The summed E-state index contributed by atoms with van der Waals surface area (Å²) >= 11 is 0. The van der Waals surface area contributed by atoms with Gasteiger partial charge in [-0.25, -0.2) is 0 Å². The lowest BCUT2D eigenvalue weighted by Gasteiger charge is -2.14. The van der Waals surface area contributed by atoms with Gasteiger partial charge in [0.1, 0.15) is 6.29 Å². The molecule has 1 aromatic rings. The number of carbonyl (C=O) groups excluding carboxylic acids is 1. The number of nitrogens with zero attached hydrogens (tertiary/aromatic N) is 1. The van der Waals surface area contributed by atoms with Crippen molar-refractivity contribution < 1.29 is 38.1 Å². The van der Waals surface area contributed by atoms with Crippen LogP contribution in [0.5, 0.6) is 11.5 Å². The Bertz CT molecular complexity index is 550. The van der Waals surface area contributed by atoms with E-state index in [9.17, 15) is 14.9 Å². The summed E-state index contributed by atoms with van der Waals surface area (Å²) < 4.78 is 30.6.